The molecule has 1 fully saturated rings. The standard InChI is InChI=1S/C12H18N2O3S/c13-18(15,16)12-3-1-11(2-4-12)17-8-6-10-5-7-14-9-10/h1-4,10,14H,5-9H2,(H2,13,15,16). The van der Waals surface area contributed by atoms with E-state index in [-0.39, 0.29) is 4.90 Å². The molecule has 3 N–H and O–H groups in total. The summed E-state index contributed by atoms with van der Waals surface area (Å²) in [4.78, 5) is 0.106. The van der Waals surface area contributed by atoms with E-state index in [0.29, 0.717) is 18.3 Å². The molecule has 0 aliphatic carbocycles. The normalized spacial score (nSPS) is 19.9. The molecule has 0 radical (unpaired) electrons. The Kier molecular flexibility index (Phi) is 4.21. The highest BCUT2D eigenvalue weighted by molar-refractivity contribution is 7.89. The molecule has 0 aromatic heterocycles. The first-order chi connectivity index (χ1) is 8.55. The SMILES string of the molecule is NS(=O)(=O)c1ccc(OCCC2CCNC2)cc1. The van der Waals surface area contributed by atoms with E-state index < -0.39 is 10.0 Å². The Morgan fingerprint density at radius 1 is 1.33 bits per heavy atom. The average Bonchev–Trinajstić information content (AvgIpc) is 2.82. The van der Waals surface area contributed by atoms with Gasteiger partial charge in [0.1, 0.15) is 5.75 Å². The summed E-state index contributed by atoms with van der Waals surface area (Å²) in [5.74, 6) is 1.36. The van der Waals surface area contributed by atoms with E-state index in [0.717, 1.165) is 19.5 Å². The van der Waals surface area contributed by atoms with Gasteiger partial charge in [-0.3, -0.25) is 0 Å². The third kappa shape index (κ3) is 3.69. The summed E-state index contributed by atoms with van der Waals surface area (Å²) in [6.45, 7) is 2.81. The summed E-state index contributed by atoms with van der Waals surface area (Å²) in [6, 6.07) is 6.18. The Labute approximate surface area is 107 Å². The van der Waals surface area contributed by atoms with E-state index in [4.69, 9.17) is 9.88 Å². The molecule has 5 nitrogen and oxygen atoms in total. The Balaban J connectivity index is 1.83. The lowest BCUT2D eigenvalue weighted by molar-refractivity contribution is 0.283. The molecule has 1 aromatic rings. The summed E-state index contributed by atoms with van der Waals surface area (Å²) in [7, 11) is -3.62. The minimum Gasteiger partial charge on any atom is -0.494 e. The molecule has 100 valence electrons. The van der Waals surface area contributed by atoms with Crippen LogP contribution < -0.4 is 15.2 Å². The van der Waals surface area contributed by atoms with E-state index in [2.05, 4.69) is 5.32 Å². The molecule has 18 heavy (non-hydrogen) atoms. The Morgan fingerprint density at radius 3 is 2.61 bits per heavy atom. The number of hydrogen-bond donors (Lipinski definition) is 2. The van der Waals surface area contributed by atoms with E-state index in [1.807, 2.05) is 0 Å². The third-order valence-corrected chi connectivity index (χ3v) is 4.04. The van der Waals surface area contributed by atoms with Gasteiger partial charge in [-0.05, 0) is 56.1 Å². The number of hydrogen-bond acceptors (Lipinski definition) is 4. The van der Waals surface area contributed by atoms with Crippen LogP contribution >= 0.6 is 0 Å². The van der Waals surface area contributed by atoms with Crippen LogP contribution in [0.2, 0.25) is 0 Å². The molecule has 1 aliphatic heterocycles. The largest absolute Gasteiger partial charge is 0.494 e. The molecule has 1 saturated heterocycles. The van der Waals surface area contributed by atoms with Crippen molar-refractivity contribution in [1.82, 2.24) is 5.32 Å². The lowest BCUT2D eigenvalue weighted by Crippen LogP contribution is -2.12. The van der Waals surface area contributed by atoms with E-state index in [1.165, 1.54) is 18.6 Å². The van der Waals surface area contributed by atoms with Crippen molar-refractivity contribution in [2.75, 3.05) is 19.7 Å². The third-order valence-electron chi connectivity index (χ3n) is 3.11. The number of primary sulfonamides is 1. The minimum absolute atomic E-state index is 0.106. The topological polar surface area (TPSA) is 81.4 Å². The summed E-state index contributed by atoms with van der Waals surface area (Å²) < 4.78 is 27.7. The zero-order valence-corrected chi connectivity index (χ0v) is 10.9. The van der Waals surface area contributed by atoms with Gasteiger partial charge in [-0.25, -0.2) is 13.6 Å². The maximum atomic E-state index is 11.1. The number of rotatable bonds is 5. The van der Waals surface area contributed by atoms with Gasteiger partial charge in [0.25, 0.3) is 0 Å². The molecule has 1 aromatic carbocycles. The molecule has 1 atom stereocenters. The smallest absolute Gasteiger partial charge is 0.238 e. The molecule has 0 amide bonds. The van der Waals surface area contributed by atoms with Gasteiger partial charge in [-0.2, -0.15) is 0 Å². The van der Waals surface area contributed by atoms with E-state index in [9.17, 15) is 8.42 Å². The van der Waals surface area contributed by atoms with Crippen molar-refractivity contribution in [2.24, 2.45) is 11.1 Å². The molecule has 0 bridgehead atoms. The zero-order chi connectivity index (χ0) is 13.0. The molecule has 0 saturated carbocycles. The minimum atomic E-state index is -3.62. The van der Waals surface area contributed by atoms with Gasteiger partial charge in [-0.15, -0.1) is 0 Å². The first kappa shape index (κ1) is 13.3. The van der Waals surface area contributed by atoms with Crippen molar-refractivity contribution in [3.8, 4) is 5.75 Å². The van der Waals surface area contributed by atoms with Gasteiger partial charge in [0.05, 0.1) is 11.5 Å². The second-order valence-corrected chi connectivity index (χ2v) is 6.07. The van der Waals surface area contributed by atoms with Crippen LogP contribution in [0, 0.1) is 5.92 Å². The summed E-state index contributed by atoms with van der Waals surface area (Å²) in [5.41, 5.74) is 0. The van der Waals surface area contributed by atoms with Gasteiger partial charge in [-0.1, -0.05) is 0 Å². The molecular weight excluding hydrogens is 252 g/mol. The second kappa shape index (κ2) is 5.69. The van der Waals surface area contributed by atoms with Crippen molar-refractivity contribution in [3.05, 3.63) is 24.3 Å². The van der Waals surface area contributed by atoms with Crippen molar-refractivity contribution < 1.29 is 13.2 Å². The summed E-state index contributed by atoms with van der Waals surface area (Å²) in [6.07, 6.45) is 2.22. The van der Waals surface area contributed by atoms with E-state index in [1.54, 1.807) is 12.1 Å². The van der Waals surface area contributed by atoms with Crippen LogP contribution in [-0.2, 0) is 10.0 Å². The predicted molar refractivity (Wildman–Crippen MR) is 68.9 cm³/mol. The number of nitrogens with two attached hydrogens (primary N) is 1. The Morgan fingerprint density at radius 2 is 2.06 bits per heavy atom. The van der Waals surface area contributed by atoms with E-state index >= 15 is 0 Å². The van der Waals surface area contributed by atoms with Crippen LogP contribution in [-0.4, -0.2) is 28.1 Å². The van der Waals surface area contributed by atoms with Crippen LogP contribution in [0.15, 0.2) is 29.2 Å². The quantitative estimate of drug-likeness (QED) is 0.825. The van der Waals surface area contributed by atoms with Crippen molar-refractivity contribution >= 4 is 10.0 Å². The van der Waals surface area contributed by atoms with Gasteiger partial charge in [0, 0.05) is 0 Å². The number of ether oxygens (including phenoxy) is 1. The van der Waals surface area contributed by atoms with Crippen LogP contribution in [0.4, 0.5) is 0 Å². The van der Waals surface area contributed by atoms with Crippen LogP contribution in [0.3, 0.4) is 0 Å². The van der Waals surface area contributed by atoms with Gasteiger partial charge < -0.3 is 10.1 Å². The van der Waals surface area contributed by atoms with Gasteiger partial charge in [0.15, 0.2) is 0 Å². The van der Waals surface area contributed by atoms with Crippen LogP contribution in [0.25, 0.3) is 0 Å². The maximum absolute atomic E-state index is 11.1. The lowest BCUT2D eigenvalue weighted by Gasteiger charge is -2.10. The second-order valence-electron chi connectivity index (χ2n) is 4.51. The first-order valence-electron chi connectivity index (χ1n) is 6.02. The summed E-state index contributed by atoms with van der Waals surface area (Å²) in [5, 5.41) is 8.32. The van der Waals surface area contributed by atoms with Gasteiger partial charge >= 0.3 is 0 Å². The van der Waals surface area contributed by atoms with Gasteiger partial charge in [0.2, 0.25) is 10.0 Å². The number of nitrogens with one attached hydrogen (secondary N) is 1. The number of benzene rings is 1. The fraction of sp³-hybridized carbons (Fsp3) is 0.500. The zero-order valence-electron chi connectivity index (χ0n) is 10.1. The molecular formula is C12H18N2O3S. The molecule has 2 rings (SSSR count). The monoisotopic (exact) mass is 270 g/mol. The van der Waals surface area contributed by atoms with Crippen LogP contribution in [0.1, 0.15) is 12.8 Å². The first-order valence-corrected chi connectivity index (χ1v) is 7.57. The van der Waals surface area contributed by atoms with Crippen molar-refractivity contribution in [3.63, 3.8) is 0 Å². The molecule has 1 heterocycles. The molecule has 6 heteroatoms. The Hall–Kier alpha value is -1.11. The number of sulfonamides is 1. The molecule has 0 spiro atoms. The van der Waals surface area contributed by atoms with Crippen molar-refractivity contribution in [1.29, 1.82) is 0 Å². The fourth-order valence-electron chi connectivity index (χ4n) is 2.03. The fourth-order valence-corrected chi connectivity index (χ4v) is 2.55. The predicted octanol–water partition coefficient (Wildman–Crippen LogP) is 0.712. The Bertz CT molecular complexity index is 479. The highest BCUT2D eigenvalue weighted by atomic mass is 32.2. The maximum Gasteiger partial charge on any atom is 0.238 e. The highest BCUT2D eigenvalue weighted by Crippen LogP contribution is 2.17. The van der Waals surface area contributed by atoms with Crippen molar-refractivity contribution in [2.45, 2.75) is 17.7 Å². The molecule has 1 unspecified atom stereocenters. The van der Waals surface area contributed by atoms with Crippen LogP contribution in [0.5, 0.6) is 5.75 Å². The molecule has 1 aliphatic rings. The average molecular weight is 270 g/mol. The summed E-state index contributed by atoms with van der Waals surface area (Å²) >= 11 is 0. The lowest BCUT2D eigenvalue weighted by atomic mass is 10.1. The highest BCUT2D eigenvalue weighted by Gasteiger charge is 2.14.